The van der Waals surface area contributed by atoms with Crippen molar-refractivity contribution >= 4 is 5.91 Å². The molecule has 4 heteroatoms. The average Bonchev–Trinajstić information content (AvgIpc) is 2.28. The molecule has 0 spiro atoms. The zero-order chi connectivity index (χ0) is 10.9. The molecule has 1 amide bonds. The molecule has 1 aliphatic rings. The molecule has 0 aromatic rings. The third kappa shape index (κ3) is 5.74. The van der Waals surface area contributed by atoms with E-state index < -0.39 is 0 Å². The number of amides is 1. The first-order valence-corrected chi connectivity index (χ1v) is 5.82. The van der Waals surface area contributed by atoms with Gasteiger partial charge in [0.15, 0.2) is 0 Å². The highest BCUT2D eigenvalue weighted by molar-refractivity contribution is 5.75. The Bertz CT molecular complexity index is 179. The molecule has 0 bridgehead atoms. The van der Waals surface area contributed by atoms with E-state index >= 15 is 0 Å². The van der Waals surface area contributed by atoms with Gasteiger partial charge in [-0.2, -0.15) is 0 Å². The first kappa shape index (κ1) is 12.5. The van der Waals surface area contributed by atoms with Gasteiger partial charge in [0, 0.05) is 19.6 Å². The van der Waals surface area contributed by atoms with Gasteiger partial charge in [0.2, 0.25) is 5.91 Å². The number of hydrogen-bond acceptors (Lipinski definition) is 3. The fourth-order valence-electron chi connectivity index (χ4n) is 1.74. The molecular weight excluding hydrogens is 192 g/mol. The van der Waals surface area contributed by atoms with Gasteiger partial charge in [0.05, 0.1) is 6.61 Å². The molecule has 0 saturated carbocycles. The van der Waals surface area contributed by atoms with Crippen LogP contribution in [0.5, 0.6) is 0 Å². The van der Waals surface area contributed by atoms with E-state index in [0.717, 1.165) is 39.1 Å². The molecule has 1 saturated heterocycles. The number of ether oxygens (including phenoxy) is 1. The maximum absolute atomic E-state index is 11.4. The van der Waals surface area contributed by atoms with Gasteiger partial charge in [0.25, 0.3) is 0 Å². The van der Waals surface area contributed by atoms with Crippen LogP contribution >= 0.6 is 0 Å². The maximum Gasteiger partial charge on any atom is 0.220 e. The summed E-state index contributed by atoms with van der Waals surface area (Å²) in [4.78, 5) is 11.4. The van der Waals surface area contributed by atoms with Crippen molar-refractivity contribution in [3.8, 4) is 0 Å². The van der Waals surface area contributed by atoms with E-state index in [4.69, 9.17) is 4.74 Å². The SMILES string of the molecule is CNCCCC(=O)NCC1CCCOC1. The Morgan fingerprint density at radius 3 is 3.07 bits per heavy atom. The van der Waals surface area contributed by atoms with Crippen molar-refractivity contribution in [1.29, 1.82) is 0 Å². The van der Waals surface area contributed by atoms with Gasteiger partial charge in [-0.05, 0) is 38.8 Å². The Hall–Kier alpha value is -0.610. The standard InChI is InChI=1S/C11H22N2O2/c1-12-6-2-5-11(14)13-8-10-4-3-7-15-9-10/h10,12H,2-9H2,1H3,(H,13,14). The Balaban J connectivity index is 2.00. The number of rotatable bonds is 6. The van der Waals surface area contributed by atoms with Crippen LogP contribution in [-0.4, -0.2) is 39.3 Å². The van der Waals surface area contributed by atoms with Gasteiger partial charge in [0.1, 0.15) is 0 Å². The van der Waals surface area contributed by atoms with Crippen LogP contribution in [0.2, 0.25) is 0 Å². The van der Waals surface area contributed by atoms with Gasteiger partial charge >= 0.3 is 0 Å². The predicted octanol–water partition coefficient (Wildman–Crippen LogP) is 0.529. The molecule has 1 rings (SSSR count). The molecule has 2 N–H and O–H groups in total. The van der Waals surface area contributed by atoms with Crippen molar-refractivity contribution in [2.75, 3.05) is 33.4 Å². The smallest absolute Gasteiger partial charge is 0.220 e. The van der Waals surface area contributed by atoms with E-state index in [1.165, 1.54) is 6.42 Å². The van der Waals surface area contributed by atoms with Crippen LogP contribution in [0, 0.1) is 5.92 Å². The molecule has 0 aliphatic carbocycles. The van der Waals surface area contributed by atoms with Crippen LogP contribution in [0.4, 0.5) is 0 Å². The van der Waals surface area contributed by atoms with Gasteiger partial charge in [-0.3, -0.25) is 4.79 Å². The first-order chi connectivity index (χ1) is 7.33. The minimum Gasteiger partial charge on any atom is -0.381 e. The number of nitrogens with one attached hydrogen (secondary N) is 2. The van der Waals surface area contributed by atoms with Crippen molar-refractivity contribution in [3.63, 3.8) is 0 Å². The third-order valence-corrected chi connectivity index (χ3v) is 2.67. The van der Waals surface area contributed by atoms with E-state index in [9.17, 15) is 4.79 Å². The molecular formula is C11H22N2O2. The third-order valence-electron chi connectivity index (χ3n) is 2.67. The molecule has 1 unspecified atom stereocenters. The normalized spacial score (nSPS) is 21.3. The molecule has 88 valence electrons. The molecule has 0 aromatic heterocycles. The van der Waals surface area contributed by atoms with E-state index in [2.05, 4.69) is 10.6 Å². The van der Waals surface area contributed by atoms with Gasteiger partial charge in [-0.15, -0.1) is 0 Å². The molecule has 4 nitrogen and oxygen atoms in total. The molecule has 15 heavy (non-hydrogen) atoms. The summed E-state index contributed by atoms with van der Waals surface area (Å²) in [6.07, 6.45) is 3.83. The van der Waals surface area contributed by atoms with Crippen molar-refractivity contribution in [1.82, 2.24) is 10.6 Å². The van der Waals surface area contributed by atoms with E-state index in [1.807, 2.05) is 7.05 Å². The minimum atomic E-state index is 0.163. The van der Waals surface area contributed by atoms with Crippen molar-refractivity contribution in [2.24, 2.45) is 5.92 Å². The first-order valence-electron chi connectivity index (χ1n) is 5.82. The lowest BCUT2D eigenvalue weighted by molar-refractivity contribution is -0.121. The largest absolute Gasteiger partial charge is 0.381 e. The summed E-state index contributed by atoms with van der Waals surface area (Å²) in [6.45, 7) is 3.36. The lowest BCUT2D eigenvalue weighted by atomic mass is 10.0. The van der Waals surface area contributed by atoms with Crippen LogP contribution in [-0.2, 0) is 9.53 Å². The average molecular weight is 214 g/mol. The highest BCUT2D eigenvalue weighted by Crippen LogP contribution is 2.12. The van der Waals surface area contributed by atoms with Crippen LogP contribution in [0.25, 0.3) is 0 Å². The lowest BCUT2D eigenvalue weighted by Crippen LogP contribution is -2.33. The summed E-state index contributed by atoms with van der Waals surface area (Å²) < 4.78 is 5.35. The van der Waals surface area contributed by atoms with Crippen molar-refractivity contribution < 1.29 is 9.53 Å². The number of carbonyl (C=O) groups is 1. The number of hydrogen-bond donors (Lipinski definition) is 2. The summed E-state index contributed by atoms with van der Waals surface area (Å²) in [6, 6.07) is 0. The summed E-state index contributed by atoms with van der Waals surface area (Å²) in [5, 5.41) is 5.99. The van der Waals surface area contributed by atoms with Crippen molar-refractivity contribution in [3.05, 3.63) is 0 Å². The zero-order valence-electron chi connectivity index (χ0n) is 9.55. The Kier molecular flexibility index (Phi) is 6.36. The van der Waals surface area contributed by atoms with Gasteiger partial charge in [-0.25, -0.2) is 0 Å². The Morgan fingerprint density at radius 1 is 1.53 bits per heavy atom. The molecule has 1 aliphatic heterocycles. The Morgan fingerprint density at radius 2 is 2.40 bits per heavy atom. The van der Waals surface area contributed by atoms with E-state index in [1.54, 1.807) is 0 Å². The highest BCUT2D eigenvalue weighted by atomic mass is 16.5. The second-order valence-corrected chi connectivity index (χ2v) is 4.09. The van der Waals surface area contributed by atoms with Crippen LogP contribution in [0.3, 0.4) is 0 Å². The zero-order valence-corrected chi connectivity index (χ0v) is 9.55. The lowest BCUT2D eigenvalue weighted by Gasteiger charge is -2.22. The Labute approximate surface area is 91.8 Å². The number of carbonyl (C=O) groups excluding carboxylic acids is 1. The molecule has 1 fully saturated rings. The molecule has 1 heterocycles. The second kappa shape index (κ2) is 7.65. The van der Waals surface area contributed by atoms with Crippen molar-refractivity contribution in [2.45, 2.75) is 25.7 Å². The summed E-state index contributed by atoms with van der Waals surface area (Å²) >= 11 is 0. The topological polar surface area (TPSA) is 50.4 Å². The fourth-order valence-corrected chi connectivity index (χ4v) is 1.74. The molecule has 1 atom stereocenters. The van der Waals surface area contributed by atoms with Crippen LogP contribution < -0.4 is 10.6 Å². The van der Waals surface area contributed by atoms with E-state index in [0.29, 0.717) is 12.3 Å². The quantitative estimate of drug-likeness (QED) is 0.634. The minimum absolute atomic E-state index is 0.163. The predicted molar refractivity (Wildman–Crippen MR) is 59.7 cm³/mol. The van der Waals surface area contributed by atoms with Crippen LogP contribution in [0.15, 0.2) is 0 Å². The summed E-state index contributed by atoms with van der Waals surface area (Å²) in [5.41, 5.74) is 0. The summed E-state index contributed by atoms with van der Waals surface area (Å²) in [7, 11) is 1.90. The molecule has 0 aromatic carbocycles. The summed E-state index contributed by atoms with van der Waals surface area (Å²) in [5.74, 6) is 0.683. The fraction of sp³-hybridized carbons (Fsp3) is 0.909. The molecule has 0 radical (unpaired) electrons. The monoisotopic (exact) mass is 214 g/mol. The second-order valence-electron chi connectivity index (χ2n) is 4.09. The van der Waals surface area contributed by atoms with E-state index in [-0.39, 0.29) is 5.91 Å². The van der Waals surface area contributed by atoms with Gasteiger partial charge in [-0.1, -0.05) is 0 Å². The highest BCUT2D eigenvalue weighted by Gasteiger charge is 2.14. The van der Waals surface area contributed by atoms with Crippen LogP contribution in [0.1, 0.15) is 25.7 Å². The van der Waals surface area contributed by atoms with Gasteiger partial charge < -0.3 is 15.4 Å². The maximum atomic E-state index is 11.4.